The lowest BCUT2D eigenvalue weighted by Gasteiger charge is -2.13. The molecule has 1 aliphatic rings. The predicted octanol–water partition coefficient (Wildman–Crippen LogP) is 2.41. The SMILES string of the molecule is Cc1oc(Cn2cnc3c2CCCC3)cc1C(=O)O. The topological polar surface area (TPSA) is 68.3 Å². The van der Waals surface area contributed by atoms with Crippen LogP contribution in [0.4, 0.5) is 0 Å². The molecule has 2 aromatic rings. The van der Waals surface area contributed by atoms with E-state index < -0.39 is 5.97 Å². The lowest BCUT2D eigenvalue weighted by atomic mass is 10.0. The Morgan fingerprint density at radius 2 is 2.26 bits per heavy atom. The van der Waals surface area contributed by atoms with Crippen molar-refractivity contribution in [2.24, 2.45) is 0 Å². The smallest absolute Gasteiger partial charge is 0.339 e. The highest BCUT2D eigenvalue weighted by molar-refractivity contribution is 5.88. The van der Waals surface area contributed by atoms with Crippen molar-refractivity contribution >= 4 is 5.97 Å². The Morgan fingerprint density at radius 3 is 3.00 bits per heavy atom. The molecule has 3 rings (SSSR count). The Hall–Kier alpha value is -2.04. The van der Waals surface area contributed by atoms with E-state index in [4.69, 9.17) is 9.52 Å². The minimum Gasteiger partial charge on any atom is -0.478 e. The average molecular weight is 260 g/mol. The van der Waals surface area contributed by atoms with Gasteiger partial charge in [0.15, 0.2) is 0 Å². The van der Waals surface area contributed by atoms with Gasteiger partial charge in [-0.05, 0) is 38.7 Å². The molecule has 0 amide bonds. The lowest BCUT2D eigenvalue weighted by Crippen LogP contribution is -2.08. The van der Waals surface area contributed by atoms with Gasteiger partial charge in [0.2, 0.25) is 0 Å². The maximum absolute atomic E-state index is 11.0. The van der Waals surface area contributed by atoms with E-state index in [-0.39, 0.29) is 5.56 Å². The monoisotopic (exact) mass is 260 g/mol. The Labute approximate surface area is 110 Å². The van der Waals surface area contributed by atoms with Crippen LogP contribution in [0.1, 0.15) is 46.1 Å². The van der Waals surface area contributed by atoms with E-state index in [1.165, 1.54) is 24.2 Å². The van der Waals surface area contributed by atoms with E-state index in [0.717, 1.165) is 12.8 Å². The van der Waals surface area contributed by atoms with Crippen molar-refractivity contribution in [2.45, 2.75) is 39.2 Å². The molecule has 0 bridgehead atoms. The second-order valence-electron chi connectivity index (χ2n) is 4.96. The average Bonchev–Trinajstić information content (AvgIpc) is 2.95. The quantitative estimate of drug-likeness (QED) is 0.920. The number of carboxylic acids is 1. The highest BCUT2D eigenvalue weighted by Crippen LogP contribution is 2.22. The van der Waals surface area contributed by atoms with E-state index in [1.807, 2.05) is 6.33 Å². The summed E-state index contributed by atoms with van der Waals surface area (Å²) in [7, 11) is 0. The number of rotatable bonds is 3. The number of imidazole rings is 1. The van der Waals surface area contributed by atoms with E-state index in [2.05, 4.69) is 9.55 Å². The van der Waals surface area contributed by atoms with Gasteiger partial charge >= 0.3 is 5.97 Å². The molecule has 1 aliphatic carbocycles. The Balaban J connectivity index is 1.87. The minimum absolute atomic E-state index is 0.240. The minimum atomic E-state index is -0.944. The molecule has 0 aromatic carbocycles. The molecule has 0 saturated carbocycles. The van der Waals surface area contributed by atoms with E-state index in [1.54, 1.807) is 13.0 Å². The summed E-state index contributed by atoms with van der Waals surface area (Å²) in [4.78, 5) is 15.4. The van der Waals surface area contributed by atoms with Gasteiger partial charge in [0.1, 0.15) is 17.1 Å². The molecule has 100 valence electrons. The molecule has 0 radical (unpaired) electrons. The van der Waals surface area contributed by atoms with Crippen LogP contribution < -0.4 is 0 Å². The van der Waals surface area contributed by atoms with Crippen LogP contribution in [0, 0.1) is 6.92 Å². The third-order valence-electron chi connectivity index (χ3n) is 3.64. The third kappa shape index (κ3) is 2.16. The molecule has 0 saturated heterocycles. The van der Waals surface area contributed by atoms with Crippen molar-refractivity contribution in [3.8, 4) is 0 Å². The number of aromatic nitrogens is 2. The number of hydrogen-bond donors (Lipinski definition) is 1. The zero-order valence-corrected chi connectivity index (χ0v) is 10.8. The second-order valence-corrected chi connectivity index (χ2v) is 4.96. The number of carbonyl (C=O) groups is 1. The van der Waals surface area contributed by atoms with Gasteiger partial charge in [-0.3, -0.25) is 0 Å². The van der Waals surface area contributed by atoms with Crippen molar-refractivity contribution in [1.29, 1.82) is 0 Å². The van der Waals surface area contributed by atoms with Crippen LogP contribution >= 0.6 is 0 Å². The molecule has 0 spiro atoms. The van der Waals surface area contributed by atoms with Crippen LogP contribution in [0.15, 0.2) is 16.8 Å². The predicted molar refractivity (Wildman–Crippen MR) is 68.4 cm³/mol. The van der Waals surface area contributed by atoms with Crippen LogP contribution in [0.5, 0.6) is 0 Å². The molecule has 2 aromatic heterocycles. The van der Waals surface area contributed by atoms with Gasteiger partial charge in [0.25, 0.3) is 0 Å². The first kappa shape index (κ1) is 12.0. The number of hydrogen-bond acceptors (Lipinski definition) is 3. The highest BCUT2D eigenvalue weighted by Gasteiger charge is 2.18. The van der Waals surface area contributed by atoms with Crippen LogP contribution in [-0.4, -0.2) is 20.6 Å². The van der Waals surface area contributed by atoms with Crippen LogP contribution in [0.25, 0.3) is 0 Å². The molecule has 1 N–H and O–H groups in total. The van der Waals surface area contributed by atoms with E-state index >= 15 is 0 Å². The largest absolute Gasteiger partial charge is 0.478 e. The van der Waals surface area contributed by atoms with Crippen molar-refractivity contribution < 1.29 is 14.3 Å². The Morgan fingerprint density at radius 1 is 1.47 bits per heavy atom. The van der Waals surface area contributed by atoms with Crippen molar-refractivity contribution in [2.75, 3.05) is 0 Å². The summed E-state index contributed by atoms with van der Waals surface area (Å²) in [5.41, 5.74) is 2.68. The molecule has 19 heavy (non-hydrogen) atoms. The molecule has 0 atom stereocenters. The zero-order valence-electron chi connectivity index (χ0n) is 10.8. The molecule has 2 heterocycles. The van der Waals surface area contributed by atoms with Gasteiger partial charge in [-0.15, -0.1) is 0 Å². The van der Waals surface area contributed by atoms with Gasteiger partial charge in [0, 0.05) is 5.69 Å². The van der Waals surface area contributed by atoms with Gasteiger partial charge in [-0.1, -0.05) is 0 Å². The number of aryl methyl sites for hydroxylation is 2. The van der Waals surface area contributed by atoms with Gasteiger partial charge in [-0.25, -0.2) is 9.78 Å². The summed E-state index contributed by atoms with van der Waals surface area (Å²) in [6.45, 7) is 2.23. The molecular weight excluding hydrogens is 244 g/mol. The van der Waals surface area contributed by atoms with Gasteiger partial charge in [-0.2, -0.15) is 0 Å². The van der Waals surface area contributed by atoms with Gasteiger partial charge in [0.05, 0.1) is 18.6 Å². The van der Waals surface area contributed by atoms with Crippen LogP contribution in [-0.2, 0) is 19.4 Å². The first-order valence-corrected chi connectivity index (χ1v) is 6.50. The molecular formula is C14H16N2O3. The first-order valence-electron chi connectivity index (χ1n) is 6.50. The highest BCUT2D eigenvalue weighted by atomic mass is 16.4. The summed E-state index contributed by atoms with van der Waals surface area (Å²) in [6, 6.07) is 1.60. The standard InChI is InChI=1S/C14H16N2O3/c1-9-11(14(17)18)6-10(19-9)7-16-8-15-12-4-2-3-5-13(12)16/h6,8H,2-5,7H2,1H3,(H,17,18). The molecule has 5 nitrogen and oxygen atoms in total. The van der Waals surface area contributed by atoms with Crippen LogP contribution in [0.3, 0.4) is 0 Å². The molecule has 0 fully saturated rings. The number of aromatic carboxylic acids is 1. The normalized spacial score (nSPS) is 14.4. The number of nitrogens with zero attached hydrogens (tertiary/aromatic N) is 2. The van der Waals surface area contributed by atoms with Crippen molar-refractivity contribution in [1.82, 2.24) is 9.55 Å². The maximum atomic E-state index is 11.0. The number of carboxylic acid groups (broad SMARTS) is 1. The summed E-state index contributed by atoms with van der Waals surface area (Å²) in [5, 5.41) is 9.02. The lowest BCUT2D eigenvalue weighted by molar-refractivity contribution is 0.0695. The van der Waals surface area contributed by atoms with E-state index in [9.17, 15) is 4.79 Å². The fourth-order valence-electron chi connectivity index (χ4n) is 2.67. The summed E-state index contributed by atoms with van der Waals surface area (Å²) in [6.07, 6.45) is 6.30. The van der Waals surface area contributed by atoms with E-state index in [0.29, 0.717) is 18.1 Å². The van der Waals surface area contributed by atoms with Crippen molar-refractivity contribution in [3.63, 3.8) is 0 Å². The van der Waals surface area contributed by atoms with Gasteiger partial charge < -0.3 is 14.1 Å². The second kappa shape index (κ2) is 4.57. The molecule has 0 aliphatic heterocycles. The Kier molecular flexibility index (Phi) is 2.89. The summed E-state index contributed by atoms with van der Waals surface area (Å²) in [5.74, 6) is 0.178. The third-order valence-corrected chi connectivity index (χ3v) is 3.64. The summed E-state index contributed by atoms with van der Waals surface area (Å²) >= 11 is 0. The summed E-state index contributed by atoms with van der Waals surface area (Å²) < 4.78 is 7.58. The number of furan rings is 1. The first-order chi connectivity index (χ1) is 9.15. The zero-order chi connectivity index (χ0) is 13.4. The number of fused-ring (bicyclic) bond motifs is 1. The molecule has 0 unspecified atom stereocenters. The maximum Gasteiger partial charge on any atom is 0.339 e. The van der Waals surface area contributed by atoms with Crippen molar-refractivity contribution in [3.05, 3.63) is 40.9 Å². The Bertz CT molecular complexity index is 625. The van der Waals surface area contributed by atoms with Crippen LogP contribution in [0.2, 0.25) is 0 Å². The molecule has 5 heteroatoms. The fourth-order valence-corrected chi connectivity index (χ4v) is 2.67. The fraction of sp³-hybridized carbons (Fsp3) is 0.429.